The fourth-order valence-corrected chi connectivity index (χ4v) is 2.75. The predicted octanol–water partition coefficient (Wildman–Crippen LogP) is 5.17. The Morgan fingerprint density at radius 1 is 1.15 bits per heavy atom. The molecule has 0 radical (unpaired) electrons. The van der Waals surface area contributed by atoms with Crippen LogP contribution in [0.2, 0.25) is 0 Å². The zero-order valence-corrected chi connectivity index (χ0v) is 15.5. The maximum Gasteiger partial charge on any atom is 0.340 e. The van der Waals surface area contributed by atoms with Gasteiger partial charge in [-0.25, -0.2) is 4.79 Å². The highest BCUT2D eigenvalue weighted by atomic mass is 16.5. The Kier molecular flexibility index (Phi) is 6.23. The Balaban J connectivity index is 2.64. The van der Waals surface area contributed by atoms with Gasteiger partial charge in [-0.15, -0.1) is 0 Å². The molecule has 0 aliphatic carbocycles. The van der Waals surface area contributed by atoms with E-state index in [1.165, 1.54) is 7.11 Å². The first kappa shape index (κ1) is 19.3. The SMILES string of the molecule is COc1cc(/C=C(\C)c2ccccc2)c(C(=O)O)c(O)c1CC=C(C)C. The van der Waals surface area contributed by atoms with E-state index in [1.807, 2.05) is 57.2 Å². The summed E-state index contributed by atoms with van der Waals surface area (Å²) in [6.07, 6.45) is 4.08. The van der Waals surface area contributed by atoms with Crippen molar-refractivity contribution in [3.63, 3.8) is 0 Å². The van der Waals surface area contributed by atoms with E-state index in [-0.39, 0.29) is 11.3 Å². The first-order valence-corrected chi connectivity index (χ1v) is 8.38. The van der Waals surface area contributed by atoms with Crippen LogP contribution in [0.1, 0.15) is 47.8 Å². The fourth-order valence-electron chi connectivity index (χ4n) is 2.75. The van der Waals surface area contributed by atoms with E-state index in [1.54, 1.807) is 12.1 Å². The number of rotatable bonds is 6. The Bertz CT molecular complexity index is 857. The van der Waals surface area contributed by atoms with E-state index < -0.39 is 5.97 Å². The number of hydrogen-bond acceptors (Lipinski definition) is 3. The van der Waals surface area contributed by atoms with Crippen LogP contribution in [0, 0.1) is 0 Å². The summed E-state index contributed by atoms with van der Waals surface area (Å²) in [5.74, 6) is -0.950. The van der Waals surface area contributed by atoms with Crippen LogP contribution in [-0.4, -0.2) is 23.3 Å². The normalized spacial score (nSPS) is 11.2. The highest BCUT2D eigenvalue weighted by Gasteiger charge is 2.21. The summed E-state index contributed by atoms with van der Waals surface area (Å²) >= 11 is 0. The average molecular weight is 352 g/mol. The van der Waals surface area contributed by atoms with Crippen LogP contribution in [0.3, 0.4) is 0 Å². The number of ether oxygens (including phenoxy) is 1. The maximum absolute atomic E-state index is 11.8. The molecule has 0 aliphatic rings. The second-order valence-corrected chi connectivity index (χ2v) is 6.35. The minimum Gasteiger partial charge on any atom is -0.507 e. The van der Waals surface area contributed by atoms with Crippen LogP contribution >= 0.6 is 0 Å². The lowest BCUT2D eigenvalue weighted by atomic mass is 9.95. The zero-order valence-electron chi connectivity index (χ0n) is 15.5. The third-order valence-corrected chi connectivity index (χ3v) is 4.14. The van der Waals surface area contributed by atoms with Crippen molar-refractivity contribution in [3.05, 3.63) is 70.3 Å². The molecule has 2 rings (SSSR count). The van der Waals surface area contributed by atoms with E-state index in [9.17, 15) is 15.0 Å². The van der Waals surface area contributed by atoms with E-state index in [4.69, 9.17) is 4.74 Å². The minimum atomic E-state index is -1.17. The first-order chi connectivity index (χ1) is 12.3. The number of aromatic hydroxyl groups is 1. The summed E-state index contributed by atoms with van der Waals surface area (Å²) in [7, 11) is 1.51. The van der Waals surface area contributed by atoms with E-state index in [0.29, 0.717) is 23.3 Å². The molecule has 2 N–H and O–H groups in total. The average Bonchev–Trinajstić information content (AvgIpc) is 2.60. The molecule has 0 unspecified atom stereocenters. The molecule has 4 nitrogen and oxygen atoms in total. The van der Waals surface area contributed by atoms with Crippen LogP contribution in [-0.2, 0) is 6.42 Å². The Morgan fingerprint density at radius 2 is 1.81 bits per heavy atom. The van der Waals surface area contributed by atoms with Gasteiger partial charge in [0, 0.05) is 5.56 Å². The van der Waals surface area contributed by atoms with Gasteiger partial charge >= 0.3 is 5.97 Å². The lowest BCUT2D eigenvalue weighted by Gasteiger charge is -2.15. The predicted molar refractivity (Wildman–Crippen MR) is 105 cm³/mol. The van der Waals surface area contributed by atoms with E-state index in [2.05, 4.69) is 0 Å². The van der Waals surface area contributed by atoms with Crippen molar-refractivity contribution in [3.8, 4) is 11.5 Å². The molecule has 0 saturated heterocycles. The van der Waals surface area contributed by atoms with Crippen LogP contribution < -0.4 is 4.74 Å². The van der Waals surface area contributed by atoms with Crippen LogP contribution in [0.4, 0.5) is 0 Å². The van der Waals surface area contributed by atoms with Crippen molar-refractivity contribution >= 4 is 17.6 Å². The molecule has 0 bridgehead atoms. The van der Waals surface area contributed by atoms with Crippen molar-refractivity contribution in [2.24, 2.45) is 0 Å². The molecule has 136 valence electrons. The summed E-state index contributed by atoms with van der Waals surface area (Å²) in [6.45, 7) is 5.80. The summed E-state index contributed by atoms with van der Waals surface area (Å²) in [5, 5.41) is 20.3. The fraction of sp³-hybridized carbons (Fsp3) is 0.227. The van der Waals surface area contributed by atoms with Gasteiger partial charge in [0.15, 0.2) is 0 Å². The third-order valence-electron chi connectivity index (χ3n) is 4.14. The molecule has 0 amide bonds. The number of allylic oxidation sites excluding steroid dienone is 3. The number of carboxylic acid groups (broad SMARTS) is 1. The summed E-state index contributed by atoms with van der Waals surface area (Å²) in [5.41, 5.74) is 3.72. The molecule has 4 heteroatoms. The van der Waals surface area contributed by atoms with E-state index >= 15 is 0 Å². The molecule has 0 atom stereocenters. The van der Waals surface area contributed by atoms with Gasteiger partial charge < -0.3 is 14.9 Å². The molecule has 26 heavy (non-hydrogen) atoms. The Morgan fingerprint density at radius 3 is 2.35 bits per heavy atom. The molecular formula is C22H24O4. The van der Waals surface area contributed by atoms with Gasteiger partial charge in [-0.1, -0.05) is 48.1 Å². The molecular weight excluding hydrogens is 328 g/mol. The largest absolute Gasteiger partial charge is 0.507 e. The van der Waals surface area contributed by atoms with Crippen molar-refractivity contribution in [1.29, 1.82) is 0 Å². The van der Waals surface area contributed by atoms with Gasteiger partial charge in [-0.3, -0.25) is 0 Å². The van der Waals surface area contributed by atoms with Crippen LogP contribution in [0.25, 0.3) is 11.6 Å². The molecule has 2 aromatic rings. The topological polar surface area (TPSA) is 66.8 Å². The van der Waals surface area contributed by atoms with Crippen molar-refractivity contribution in [2.45, 2.75) is 27.2 Å². The number of benzene rings is 2. The number of aromatic carboxylic acids is 1. The van der Waals surface area contributed by atoms with Gasteiger partial charge in [-0.2, -0.15) is 0 Å². The summed E-state index contributed by atoms with van der Waals surface area (Å²) in [6, 6.07) is 11.3. The molecule has 0 fully saturated rings. The molecule has 0 heterocycles. The molecule has 0 aromatic heterocycles. The van der Waals surface area contributed by atoms with Crippen LogP contribution in [0.5, 0.6) is 11.5 Å². The standard InChI is InChI=1S/C22H24O4/c1-14(2)10-11-18-19(26-4)13-17(20(21(18)23)22(24)25)12-15(3)16-8-6-5-7-9-16/h5-10,12-13,23H,11H2,1-4H3,(H,24,25)/b15-12+. The number of methoxy groups -OCH3 is 1. The quantitative estimate of drug-likeness (QED) is 0.556. The minimum absolute atomic E-state index is 0.113. The maximum atomic E-state index is 11.8. The molecule has 0 saturated carbocycles. The number of phenols is 1. The third kappa shape index (κ3) is 4.33. The highest BCUT2D eigenvalue weighted by molar-refractivity contribution is 5.98. The van der Waals surface area contributed by atoms with Crippen LogP contribution in [0.15, 0.2) is 48.0 Å². The Labute approximate surface area is 154 Å². The molecule has 0 aliphatic heterocycles. The summed E-state index contributed by atoms with van der Waals surface area (Å²) in [4.78, 5) is 11.8. The smallest absolute Gasteiger partial charge is 0.340 e. The number of carbonyl (C=O) groups is 1. The lowest BCUT2D eigenvalue weighted by Crippen LogP contribution is -2.05. The number of carboxylic acids is 1. The van der Waals surface area contributed by atoms with E-state index in [0.717, 1.165) is 16.7 Å². The second kappa shape index (κ2) is 8.39. The Hall–Kier alpha value is -3.01. The van der Waals surface area contributed by atoms with Gasteiger partial charge in [0.1, 0.15) is 17.1 Å². The zero-order chi connectivity index (χ0) is 19.3. The van der Waals surface area contributed by atoms with Gasteiger partial charge in [0.25, 0.3) is 0 Å². The van der Waals surface area contributed by atoms with Gasteiger partial charge in [0.05, 0.1) is 7.11 Å². The van der Waals surface area contributed by atoms with Gasteiger partial charge in [0.2, 0.25) is 0 Å². The molecule has 0 spiro atoms. The summed E-state index contributed by atoms with van der Waals surface area (Å²) < 4.78 is 5.41. The molecule has 2 aromatic carbocycles. The van der Waals surface area contributed by atoms with Gasteiger partial charge in [-0.05, 0) is 50.0 Å². The lowest BCUT2D eigenvalue weighted by molar-refractivity contribution is 0.0693. The van der Waals surface area contributed by atoms with Crippen molar-refractivity contribution in [1.82, 2.24) is 0 Å². The second-order valence-electron chi connectivity index (χ2n) is 6.35. The van der Waals surface area contributed by atoms with Crippen molar-refractivity contribution < 1.29 is 19.7 Å². The number of hydrogen-bond donors (Lipinski definition) is 2. The first-order valence-electron chi connectivity index (χ1n) is 8.38. The van der Waals surface area contributed by atoms with Crippen molar-refractivity contribution in [2.75, 3.05) is 7.11 Å². The highest BCUT2D eigenvalue weighted by Crippen LogP contribution is 2.37. The monoisotopic (exact) mass is 352 g/mol.